The van der Waals surface area contributed by atoms with Gasteiger partial charge in [0.05, 0.1) is 0 Å². The van der Waals surface area contributed by atoms with Gasteiger partial charge in [-0.25, -0.2) is 5.48 Å². The molecule has 5 nitrogen and oxygen atoms in total. The molecule has 0 saturated carbocycles. The van der Waals surface area contributed by atoms with Crippen LogP contribution in [0.1, 0.15) is 42.8 Å². The van der Waals surface area contributed by atoms with E-state index in [0.29, 0.717) is 5.76 Å². The first-order valence-electron chi connectivity index (χ1n) is 8.80. The van der Waals surface area contributed by atoms with Gasteiger partial charge in [0.25, 0.3) is 0 Å². The summed E-state index contributed by atoms with van der Waals surface area (Å²) in [5.74, 6) is 0.00829. The summed E-state index contributed by atoms with van der Waals surface area (Å²) in [6.07, 6.45) is 8.52. The fourth-order valence-corrected chi connectivity index (χ4v) is 2.69. The summed E-state index contributed by atoms with van der Waals surface area (Å²) in [7, 11) is 0. The summed E-state index contributed by atoms with van der Waals surface area (Å²) >= 11 is 0. The van der Waals surface area contributed by atoms with E-state index in [1.54, 1.807) is 11.5 Å². The van der Waals surface area contributed by atoms with Crippen molar-refractivity contribution in [1.82, 2.24) is 10.8 Å². The number of hydrogen-bond donors (Lipinski definition) is 3. The van der Waals surface area contributed by atoms with Gasteiger partial charge in [0, 0.05) is 12.1 Å². The quantitative estimate of drug-likeness (QED) is 0.269. The molecule has 0 aliphatic rings. The Morgan fingerprint density at radius 3 is 2.81 bits per heavy atom. The molecule has 26 heavy (non-hydrogen) atoms. The minimum atomic E-state index is -0.660. The van der Waals surface area contributed by atoms with E-state index in [1.165, 1.54) is 11.6 Å². The Bertz CT molecular complexity index is 775. The first-order chi connectivity index (χ1) is 12.7. The van der Waals surface area contributed by atoms with Crippen LogP contribution in [0.25, 0.3) is 11.3 Å². The van der Waals surface area contributed by atoms with Gasteiger partial charge in [0.2, 0.25) is 0 Å². The van der Waals surface area contributed by atoms with Gasteiger partial charge >= 0.3 is 5.91 Å². The van der Waals surface area contributed by atoms with Crippen molar-refractivity contribution in [2.24, 2.45) is 0 Å². The fourth-order valence-electron chi connectivity index (χ4n) is 2.69. The van der Waals surface area contributed by atoms with Crippen LogP contribution in [0.4, 0.5) is 0 Å². The molecule has 0 unspecified atom stereocenters. The van der Waals surface area contributed by atoms with Crippen molar-refractivity contribution in [3.63, 3.8) is 0 Å². The Kier molecular flexibility index (Phi) is 7.86. The van der Waals surface area contributed by atoms with Gasteiger partial charge in [-0.05, 0) is 57.0 Å². The van der Waals surface area contributed by atoms with E-state index in [1.807, 2.05) is 25.1 Å². The van der Waals surface area contributed by atoms with E-state index < -0.39 is 5.91 Å². The molecule has 1 aromatic heterocycles. The van der Waals surface area contributed by atoms with Crippen molar-refractivity contribution in [3.05, 3.63) is 71.5 Å². The number of hydroxylamine groups is 1. The molecule has 2 rings (SSSR count). The molecular weight excluding hydrogens is 328 g/mol. The third kappa shape index (κ3) is 5.72. The Morgan fingerprint density at radius 1 is 1.23 bits per heavy atom. The lowest BCUT2D eigenvalue weighted by molar-refractivity contribution is 0.0677. The highest BCUT2D eigenvalue weighted by atomic mass is 16.5. The molecular formula is C21H26N2O3. The number of allylic oxidation sites excluding steroid dienone is 4. The number of hydrogen-bond acceptors (Lipinski definition) is 4. The van der Waals surface area contributed by atoms with Gasteiger partial charge in [-0.15, -0.1) is 0 Å². The van der Waals surface area contributed by atoms with Crippen LogP contribution >= 0.6 is 0 Å². The normalized spacial score (nSPS) is 11.9. The average molecular weight is 354 g/mol. The van der Waals surface area contributed by atoms with Crippen LogP contribution < -0.4 is 10.8 Å². The monoisotopic (exact) mass is 354 g/mol. The number of carbonyl (C=O) groups is 1. The summed E-state index contributed by atoms with van der Waals surface area (Å²) in [6, 6.07) is 11.2. The van der Waals surface area contributed by atoms with Crippen LogP contribution in [0.5, 0.6) is 0 Å². The zero-order valence-corrected chi connectivity index (χ0v) is 15.3. The molecule has 0 atom stereocenters. The third-order valence-electron chi connectivity index (χ3n) is 4.04. The molecule has 0 aliphatic carbocycles. The number of carbonyl (C=O) groups excluding carboxylic acids is 1. The van der Waals surface area contributed by atoms with E-state index >= 15 is 0 Å². The van der Waals surface area contributed by atoms with E-state index in [4.69, 9.17) is 9.62 Å². The summed E-state index contributed by atoms with van der Waals surface area (Å²) in [6.45, 7) is 5.82. The van der Waals surface area contributed by atoms with Crippen molar-refractivity contribution in [3.8, 4) is 11.3 Å². The average Bonchev–Trinajstić information content (AvgIpc) is 3.16. The molecule has 0 radical (unpaired) electrons. The Labute approximate surface area is 154 Å². The van der Waals surface area contributed by atoms with E-state index in [2.05, 4.69) is 36.5 Å². The van der Waals surface area contributed by atoms with Crippen molar-refractivity contribution in [2.75, 3.05) is 6.54 Å². The van der Waals surface area contributed by atoms with Crippen LogP contribution in [-0.2, 0) is 6.54 Å². The van der Waals surface area contributed by atoms with Gasteiger partial charge < -0.3 is 9.73 Å². The smallest absolute Gasteiger partial charge is 0.310 e. The van der Waals surface area contributed by atoms with Crippen molar-refractivity contribution in [2.45, 2.75) is 33.2 Å². The fraction of sp³-hybridized carbons (Fsp3) is 0.286. The molecule has 1 aromatic carbocycles. The maximum Gasteiger partial charge on any atom is 0.310 e. The number of nitrogens with one attached hydrogen (secondary N) is 2. The van der Waals surface area contributed by atoms with E-state index in [-0.39, 0.29) is 5.76 Å². The van der Waals surface area contributed by atoms with Gasteiger partial charge in [-0.3, -0.25) is 10.0 Å². The summed E-state index contributed by atoms with van der Waals surface area (Å²) < 4.78 is 5.48. The van der Waals surface area contributed by atoms with E-state index in [0.717, 1.165) is 37.1 Å². The molecule has 0 spiro atoms. The summed E-state index contributed by atoms with van der Waals surface area (Å²) in [5, 5.41) is 12.1. The number of rotatable bonds is 9. The molecule has 0 aliphatic heterocycles. The Hall–Kier alpha value is -2.63. The lowest BCUT2D eigenvalue weighted by Gasteiger charge is -2.07. The first-order valence-corrected chi connectivity index (χ1v) is 8.80. The number of amides is 1. The highest BCUT2D eigenvalue weighted by Gasteiger charge is 2.11. The topological polar surface area (TPSA) is 74.5 Å². The zero-order chi connectivity index (χ0) is 18.8. The van der Waals surface area contributed by atoms with Crippen LogP contribution in [0.2, 0.25) is 0 Å². The molecule has 0 saturated heterocycles. The Morgan fingerprint density at radius 2 is 2.08 bits per heavy atom. The highest BCUT2D eigenvalue weighted by Crippen LogP contribution is 2.23. The molecule has 3 N–H and O–H groups in total. The van der Waals surface area contributed by atoms with Gasteiger partial charge in [-0.1, -0.05) is 42.0 Å². The maximum atomic E-state index is 11.4. The number of furan rings is 1. The van der Waals surface area contributed by atoms with E-state index in [9.17, 15) is 4.79 Å². The van der Waals surface area contributed by atoms with Crippen LogP contribution in [0.3, 0.4) is 0 Å². The molecule has 0 fully saturated rings. The lowest BCUT2D eigenvalue weighted by Crippen LogP contribution is -2.17. The predicted molar refractivity (Wildman–Crippen MR) is 103 cm³/mol. The minimum Gasteiger partial charge on any atom is -0.451 e. The summed E-state index contributed by atoms with van der Waals surface area (Å²) in [4.78, 5) is 11.4. The van der Waals surface area contributed by atoms with Crippen LogP contribution in [-0.4, -0.2) is 17.7 Å². The molecule has 0 bridgehead atoms. The van der Waals surface area contributed by atoms with Crippen LogP contribution in [0.15, 0.2) is 64.6 Å². The molecule has 138 valence electrons. The number of benzene rings is 1. The largest absolute Gasteiger partial charge is 0.451 e. The molecule has 5 heteroatoms. The standard InChI is InChI=1S/C21H26N2O3/c1-3-7-16(4-2)9-6-13-22-15-17-8-5-10-18(14-17)19-11-12-20(26-19)21(24)23-25/h3-5,7-8,10-12,14,22,25H,6,9,13,15H2,1-2H3,(H,23,24)/b7-3-,16-4+. The van der Waals surface area contributed by atoms with Gasteiger partial charge in [-0.2, -0.15) is 0 Å². The summed E-state index contributed by atoms with van der Waals surface area (Å²) in [5.41, 5.74) is 4.96. The van der Waals surface area contributed by atoms with Crippen LogP contribution in [0, 0.1) is 0 Å². The highest BCUT2D eigenvalue weighted by molar-refractivity contribution is 5.91. The predicted octanol–water partition coefficient (Wildman–Crippen LogP) is 4.46. The van der Waals surface area contributed by atoms with Crippen molar-refractivity contribution >= 4 is 5.91 Å². The lowest BCUT2D eigenvalue weighted by atomic mass is 10.1. The molecule has 1 amide bonds. The second kappa shape index (κ2) is 10.4. The second-order valence-corrected chi connectivity index (χ2v) is 5.95. The van der Waals surface area contributed by atoms with Gasteiger partial charge in [0.1, 0.15) is 5.76 Å². The van der Waals surface area contributed by atoms with Gasteiger partial charge in [0.15, 0.2) is 5.76 Å². The van der Waals surface area contributed by atoms with Crippen molar-refractivity contribution < 1.29 is 14.4 Å². The maximum absolute atomic E-state index is 11.4. The third-order valence-corrected chi connectivity index (χ3v) is 4.04. The second-order valence-electron chi connectivity index (χ2n) is 5.95. The SMILES string of the molecule is C/C=C\C(=C/C)CCCNCc1cccc(-c2ccc(C(=O)NO)o2)c1. The minimum absolute atomic E-state index is 0.0759. The zero-order valence-electron chi connectivity index (χ0n) is 15.3. The Balaban J connectivity index is 1.87. The van der Waals surface area contributed by atoms with Crippen molar-refractivity contribution in [1.29, 1.82) is 0 Å². The first kappa shape index (κ1) is 19.7. The molecule has 2 aromatic rings. The molecule has 1 heterocycles.